The van der Waals surface area contributed by atoms with Gasteiger partial charge in [0.1, 0.15) is 0 Å². The molecule has 1 aromatic heterocycles. The Morgan fingerprint density at radius 3 is 2.95 bits per heavy atom. The number of piperidine rings is 1. The van der Waals surface area contributed by atoms with Crippen molar-refractivity contribution in [2.24, 2.45) is 5.92 Å². The summed E-state index contributed by atoms with van der Waals surface area (Å²) in [5, 5.41) is 10.5. The number of pyridine rings is 1. The number of nitrogens with zero attached hydrogens (tertiary/aromatic N) is 2. The van der Waals surface area contributed by atoms with Crippen LogP contribution in [0.2, 0.25) is 0 Å². The first-order valence-corrected chi connectivity index (χ1v) is 9.32. The van der Waals surface area contributed by atoms with Crippen LogP contribution in [0.3, 0.4) is 0 Å². The van der Waals surface area contributed by atoms with E-state index in [1.807, 2.05) is 13.0 Å². The van der Waals surface area contributed by atoms with Crippen molar-refractivity contribution in [1.82, 2.24) is 9.29 Å². The van der Waals surface area contributed by atoms with Crippen LogP contribution in [0.15, 0.2) is 18.5 Å². The molecule has 0 bridgehead atoms. The van der Waals surface area contributed by atoms with E-state index in [9.17, 15) is 13.5 Å². The van der Waals surface area contributed by atoms with Gasteiger partial charge in [0.2, 0.25) is 10.0 Å². The van der Waals surface area contributed by atoms with Gasteiger partial charge in [0.05, 0.1) is 12.4 Å². The largest absolute Gasteiger partial charge is 0.388 e. The van der Waals surface area contributed by atoms with Crippen LogP contribution in [0, 0.1) is 5.92 Å². The van der Waals surface area contributed by atoms with Crippen LogP contribution in [-0.2, 0) is 16.4 Å². The molecule has 1 aliphatic heterocycles. The Kier molecular flexibility index (Phi) is 5.35. The maximum absolute atomic E-state index is 11.6. The number of sulfonamides is 1. The Morgan fingerprint density at radius 2 is 2.29 bits per heavy atom. The van der Waals surface area contributed by atoms with Crippen molar-refractivity contribution in [1.29, 1.82) is 0 Å². The summed E-state index contributed by atoms with van der Waals surface area (Å²) in [7, 11) is -3.13. The minimum absolute atomic E-state index is 0.210. The highest BCUT2D eigenvalue weighted by Crippen LogP contribution is 2.29. The zero-order valence-electron chi connectivity index (χ0n) is 12.7. The van der Waals surface area contributed by atoms with Gasteiger partial charge in [-0.25, -0.2) is 12.7 Å². The van der Waals surface area contributed by atoms with E-state index in [2.05, 4.69) is 4.98 Å². The summed E-state index contributed by atoms with van der Waals surface area (Å²) in [6.07, 6.45) is 7.46. The molecule has 21 heavy (non-hydrogen) atoms. The second-order valence-corrected chi connectivity index (χ2v) is 7.79. The van der Waals surface area contributed by atoms with E-state index in [1.54, 1.807) is 12.4 Å². The molecule has 0 aromatic carbocycles. The van der Waals surface area contributed by atoms with E-state index < -0.39 is 16.1 Å². The van der Waals surface area contributed by atoms with Crippen LogP contribution in [0.5, 0.6) is 0 Å². The van der Waals surface area contributed by atoms with E-state index in [0.29, 0.717) is 19.5 Å². The molecule has 6 heteroatoms. The van der Waals surface area contributed by atoms with Gasteiger partial charge < -0.3 is 5.11 Å². The first-order valence-electron chi connectivity index (χ1n) is 7.47. The number of rotatable bonds is 5. The lowest BCUT2D eigenvalue weighted by molar-refractivity contribution is 0.122. The summed E-state index contributed by atoms with van der Waals surface area (Å²) in [5.41, 5.74) is 1.98. The third kappa shape index (κ3) is 4.25. The molecule has 1 aliphatic rings. The SMILES string of the molecule is CCc1cnccc1C(O)CC1CCCN(S(C)(=O)=O)C1. The predicted octanol–water partition coefficient (Wildman–Crippen LogP) is 1.74. The normalized spacial score (nSPS) is 22.1. The lowest BCUT2D eigenvalue weighted by Crippen LogP contribution is -2.39. The number of aromatic nitrogens is 1. The van der Waals surface area contributed by atoms with E-state index in [4.69, 9.17) is 0 Å². The highest BCUT2D eigenvalue weighted by atomic mass is 32.2. The van der Waals surface area contributed by atoms with Crippen LogP contribution in [0.25, 0.3) is 0 Å². The van der Waals surface area contributed by atoms with Gasteiger partial charge in [-0.3, -0.25) is 4.98 Å². The van der Waals surface area contributed by atoms with Gasteiger partial charge in [-0.1, -0.05) is 6.92 Å². The van der Waals surface area contributed by atoms with Crippen LogP contribution < -0.4 is 0 Å². The lowest BCUT2D eigenvalue weighted by Gasteiger charge is -2.32. The van der Waals surface area contributed by atoms with Crippen molar-refractivity contribution in [2.75, 3.05) is 19.3 Å². The summed E-state index contributed by atoms with van der Waals surface area (Å²) in [4.78, 5) is 4.09. The summed E-state index contributed by atoms with van der Waals surface area (Å²) in [5.74, 6) is 0.210. The van der Waals surface area contributed by atoms with E-state index in [-0.39, 0.29) is 5.92 Å². The fourth-order valence-electron chi connectivity index (χ4n) is 3.02. The van der Waals surface area contributed by atoms with Gasteiger partial charge in [0.25, 0.3) is 0 Å². The molecule has 118 valence electrons. The number of aryl methyl sites for hydroxylation is 1. The van der Waals surface area contributed by atoms with Gasteiger partial charge in [-0.2, -0.15) is 0 Å². The Morgan fingerprint density at radius 1 is 1.52 bits per heavy atom. The molecule has 2 heterocycles. The second-order valence-electron chi connectivity index (χ2n) is 5.81. The Hall–Kier alpha value is -0.980. The molecule has 1 aromatic rings. The van der Waals surface area contributed by atoms with Crippen molar-refractivity contribution >= 4 is 10.0 Å². The number of aliphatic hydroxyl groups excluding tert-OH is 1. The minimum Gasteiger partial charge on any atom is -0.388 e. The second kappa shape index (κ2) is 6.85. The summed E-state index contributed by atoms with van der Waals surface area (Å²) >= 11 is 0. The number of aliphatic hydroxyl groups is 1. The summed E-state index contributed by atoms with van der Waals surface area (Å²) < 4.78 is 24.8. The van der Waals surface area contributed by atoms with Crippen molar-refractivity contribution < 1.29 is 13.5 Å². The molecule has 2 rings (SSSR count). The molecule has 0 spiro atoms. The molecule has 1 saturated heterocycles. The highest BCUT2D eigenvalue weighted by molar-refractivity contribution is 7.88. The number of hydrogen-bond donors (Lipinski definition) is 1. The summed E-state index contributed by atoms with van der Waals surface area (Å²) in [6, 6.07) is 1.86. The first-order chi connectivity index (χ1) is 9.91. The van der Waals surface area contributed by atoms with Gasteiger partial charge in [0.15, 0.2) is 0 Å². The van der Waals surface area contributed by atoms with Crippen molar-refractivity contribution in [3.05, 3.63) is 29.6 Å². The number of hydrogen-bond acceptors (Lipinski definition) is 4. The zero-order valence-corrected chi connectivity index (χ0v) is 13.5. The standard InChI is InChI=1S/C15H24N2O3S/c1-3-13-10-16-7-6-14(13)15(18)9-12-5-4-8-17(11-12)21(2,19)20/h6-7,10,12,15,18H,3-5,8-9,11H2,1-2H3. The smallest absolute Gasteiger partial charge is 0.211 e. The molecule has 1 fully saturated rings. The minimum atomic E-state index is -3.13. The molecular formula is C15H24N2O3S. The monoisotopic (exact) mass is 312 g/mol. The Balaban J connectivity index is 2.04. The third-order valence-electron chi connectivity index (χ3n) is 4.19. The third-order valence-corrected chi connectivity index (χ3v) is 5.46. The van der Waals surface area contributed by atoms with Crippen molar-refractivity contribution in [2.45, 2.75) is 38.7 Å². The lowest BCUT2D eigenvalue weighted by atomic mass is 9.89. The average molecular weight is 312 g/mol. The molecule has 2 atom stereocenters. The van der Waals surface area contributed by atoms with Crippen LogP contribution >= 0.6 is 0 Å². The van der Waals surface area contributed by atoms with E-state index in [1.165, 1.54) is 10.6 Å². The predicted molar refractivity (Wildman–Crippen MR) is 82.3 cm³/mol. The van der Waals surface area contributed by atoms with Gasteiger partial charge in [-0.05, 0) is 48.8 Å². The molecule has 1 N–H and O–H groups in total. The molecular weight excluding hydrogens is 288 g/mol. The van der Waals surface area contributed by atoms with Gasteiger partial charge in [-0.15, -0.1) is 0 Å². The van der Waals surface area contributed by atoms with E-state index >= 15 is 0 Å². The fourth-order valence-corrected chi connectivity index (χ4v) is 3.96. The van der Waals surface area contributed by atoms with Crippen LogP contribution in [0.1, 0.15) is 43.4 Å². The Labute approximate surface area is 127 Å². The molecule has 0 amide bonds. The molecule has 0 radical (unpaired) electrons. The molecule has 5 nitrogen and oxygen atoms in total. The van der Waals surface area contributed by atoms with E-state index in [0.717, 1.165) is 30.4 Å². The van der Waals surface area contributed by atoms with Crippen LogP contribution in [0.4, 0.5) is 0 Å². The average Bonchev–Trinajstić information content (AvgIpc) is 2.46. The zero-order chi connectivity index (χ0) is 15.5. The fraction of sp³-hybridized carbons (Fsp3) is 0.667. The maximum atomic E-state index is 11.6. The van der Waals surface area contributed by atoms with Gasteiger partial charge >= 0.3 is 0 Å². The molecule has 2 unspecified atom stereocenters. The quantitative estimate of drug-likeness (QED) is 0.899. The van der Waals surface area contributed by atoms with Crippen molar-refractivity contribution in [3.8, 4) is 0 Å². The molecule has 0 saturated carbocycles. The topological polar surface area (TPSA) is 70.5 Å². The van der Waals surface area contributed by atoms with Gasteiger partial charge in [0, 0.05) is 25.5 Å². The maximum Gasteiger partial charge on any atom is 0.211 e. The van der Waals surface area contributed by atoms with Crippen molar-refractivity contribution in [3.63, 3.8) is 0 Å². The highest BCUT2D eigenvalue weighted by Gasteiger charge is 2.28. The Bertz CT molecular complexity index is 574. The van der Waals surface area contributed by atoms with Crippen LogP contribution in [-0.4, -0.2) is 42.2 Å². The molecule has 0 aliphatic carbocycles. The first kappa shape index (κ1) is 16.4. The summed E-state index contributed by atoms with van der Waals surface area (Å²) in [6.45, 7) is 3.16.